The number of benzene rings is 2. The van der Waals surface area contributed by atoms with Crippen molar-refractivity contribution in [2.24, 2.45) is 0 Å². The van der Waals surface area contributed by atoms with E-state index < -0.39 is 0 Å². The van der Waals surface area contributed by atoms with Crippen LogP contribution in [0, 0.1) is 0 Å². The van der Waals surface area contributed by atoms with Crippen LogP contribution in [0.1, 0.15) is 36.2 Å². The highest BCUT2D eigenvalue weighted by atomic mass is 35.5. The lowest BCUT2D eigenvalue weighted by Gasteiger charge is -2.10. The molecule has 0 radical (unpaired) electrons. The zero-order valence-corrected chi connectivity index (χ0v) is 16.2. The van der Waals surface area contributed by atoms with E-state index in [1.807, 2.05) is 42.5 Å². The molecule has 1 heterocycles. The van der Waals surface area contributed by atoms with Gasteiger partial charge in [-0.3, -0.25) is 4.79 Å². The van der Waals surface area contributed by atoms with E-state index in [-0.39, 0.29) is 11.9 Å². The fourth-order valence-electron chi connectivity index (χ4n) is 3.47. The number of amides is 1. The maximum absolute atomic E-state index is 12.7. The van der Waals surface area contributed by atoms with Crippen LogP contribution in [0.15, 0.2) is 54.6 Å². The predicted molar refractivity (Wildman–Crippen MR) is 109 cm³/mol. The number of carbonyl (C=O) groups excluding carboxylic acids is 1. The van der Waals surface area contributed by atoms with Crippen molar-refractivity contribution < 1.29 is 4.79 Å². The Morgan fingerprint density at radius 1 is 1.04 bits per heavy atom. The zero-order chi connectivity index (χ0) is 18.8. The predicted octanol–water partition coefficient (Wildman–Crippen LogP) is 5.52. The first-order chi connectivity index (χ1) is 13.1. The van der Waals surface area contributed by atoms with Crippen molar-refractivity contribution in [1.29, 1.82) is 0 Å². The lowest BCUT2D eigenvalue weighted by Crippen LogP contribution is -2.32. The van der Waals surface area contributed by atoms with Crippen molar-refractivity contribution in [2.75, 3.05) is 0 Å². The number of rotatable bonds is 4. The molecule has 0 unspecified atom stereocenters. The summed E-state index contributed by atoms with van der Waals surface area (Å²) < 4.78 is 1.71. The minimum Gasteiger partial charge on any atom is -0.348 e. The zero-order valence-electron chi connectivity index (χ0n) is 14.7. The second kappa shape index (κ2) is 7.75. The van der Waals surface area contributed by atoms with Gasteiger partial charge in [0.15, 0.2) is 5.69 Å². The van der Waals surface area contributed by atoms with Crippen molar-refractivity contribution in [3.63, 3.8) is 0 Å². The van der Waals surface area contributed by atoms with Gasteiger partial charge in [-0.1, -0.05) is 66.4 Å². The topological polar surface area (TPSA) is 46.9 Å². The summed E-state index contributed by atoms with van der Waals surface area (Å²) in [7, 11) is 0. The summed E-state index contributed by atoms with van der Waals surface area (Å²) in [5.74, 6) is -0.150. The van der Waals surface area contributed by atoms with Crippen LogP contribution in [0.3, 0.4) is 0 Å². The van der Waals surface area contributed by atoms with Crippen LogP contribution in [0.5, 0.6) is 0 Å². The maximum Gasteiger partial charge on any atom is 0.272 e. The van der Waals surface area contributed by atoms with Crippen LogP contribution in [0.25, 0.3) is 16.9 Å². The highest BCUT2D eigenvalue weighted by Gasteiger charge is 2.22. The smallest absolute Gasteiger partial charge is 0.272 e. The molecule has 4 nitrogen and oxygen atoms in total. The van der Waals surface area contributed by atoms with Crippen LogP contribution in [0.2, 0.25) is 10.0 Å². The summed E-state index contributed by atoms with van der Waals surface area (Å²) in [6.07, 6.45) is 4.38. The average molecular weight is 400 g/mol. The van der Waals surface area contributed by atoms with Gasteiger partial charge < -0.3 is 5.32 Å². The van der Waals surface area contributed by atoms with E-state index in [0.717, 1.165) is 36.9 Å². The first-order valence-electron chi connectivity index (χ1n) is 9.03. The number of carbonyl (C=O) groups is 1. The van der Waals surface area contributed by atoms with Crippen LogP contribution >= 0.6 is 23.2 Å². The van der Waals surface area contributed by atoms with Crippen LogP contribution < -0.4 is 5.32 Å². The monoisotopic (exact) mass is 399 g/mol. The normalized spacial score (nSPS) is 14.4. The molecule has 1 aliphatic rings. The number of aromatic nitrogens is 2. The van der Waals surface area contributed by atoms with Gasteiger partial charge in [0.25, 0.3) is 5.91 Å². The minimum atomic E-state index is -0.150. The molecule has 1 saturated carbocycles. The molecule has 1 aromatic heterocycles. The standard InChI is InChI=1S/C21H19Cl2N3O/c22-15-10-11-19(17(23)12-15)26-20(14-6-2-1-3-7-14)13-18(25-26)21(27)24-16-8-4-5-9-16/h1-3,6-7,10-13,16H,4-5,8-9H2,(H,24,27). The Bertz CT molecular complexity index is 963. The van der Waals surface area contributed by atoms with Crippen molar-refractivity contribution in [3.8, 4) is 16.9 Å². The van der Waals surface area contributed by atoms with Gasteiger partial charge in [-0.2, -0.15) is 5.10 Å². The fraction of sp³-hybridized carbons (Fsp3) is 0.238. The third-order valence-corrected chi connectivity index (χ3v) is 5.38. The SMILES string of the molecule is O=C(NC1CCCC1)c1cc(-c2ccccc2)n(-c2ccc(Cl)cc2Cl)n1. The molecule has 0 spiro atoms. The number of hydrogen-bond acceptors (Lipinski definition) is 2. The van der Waals surface area contributed by atoms with E-state index in [0.29, 0.717) is 21.4 Å². The van der Waals surface area contributed by atoms with Crippen molar-refractivity contribution >= 4 is 29.1 Å². The second-order valence-corrected chi connectivity index (χ2v) is 7.59. The Kier molecular flexibility index (Phi) is 5.19. The third kappa shape index (κ3) is 3.87. The molecule has 1 N–H and O–H groups in total. The second-order valence-electron chi connectivity index (χ2n) is 6.74. The molecule has 1 amide bonds. The van der Waals surface area contributed by atoms with Gasteiger partial charge in [0, 0.05) is 16.6 Å². The third-order valence-electron chi connectivity index (χ3n) is 4.84. The Hall–Kier alpha value is -2.30. The molecule has 3 aromatic rings. The molecule has 0 aliphatic heterocycles. The summed E-state index contributed by atoms with van der Waals surface area (Å²) in [6, 6.07) is 17.1. The lowest BCUT2D eigenvalue weighted by atomic mass is 10.1. The molecule has 4 rings (SSSR count). The van der Waals surface area contributed by atoms with E-state index in [9.17, 15) is 4.79 Å². The first-order valence-corrected chi connectivity index (χ1v) is 9.79. The molecule has 0 atom stereocenters. The van der Waals surface area contributed by atoms with Gasteiger partial charge in [0.05, 0.1) is 16.4 Å². The molecule has 138 valence electrons. The van der Waals surface area contributed by atoms with Gasteiger partial charge in [-0.05, 0) is 37.1 Å². The van der Waals surface area contributed by atoms with Gasteiger partial charge >= 0.3 is 0 Å². The number of nitrogens with one attached hydrogen (secondary N) is 1. The Balaban J connectivity index is 1.76. The summed E-state index contributed by atoms with van der Waals surface area (Å²) in [5.41, 5.74) is 2.82. The summed E-state index contributed by atoms with van der Waals surface area (Å²) in [4.78, 5) is 12.7. The number of halogens is 2. The van der Waals surface area contributed by atoms with E-state index in [2.05, 4.69) is 10.4 Å². The maximum atomic E-state index is 12.7. The number of nitrogens with zero attached hydrogens (tertiary/aromatic N) is 2. The van der Waals surface area contributed by atoms with E-state index >= 15 is 0 Å². The minimum absolute atomic E-state index is 0.150. The molecule has 1 fully saturated rings. The van der Waals surface area contributed by atoms with Crippen LogP contribution in [-0.2, 0) is 0 Å². The summed E-state index contributed by atoms with van der Waals surface area (Å²) in [6.45, 7) is 0. The Labute approximate surface area is 168 Å². The summed E-state index contributed by atoms with van der Waals surface area (Å²) >= 11 is 12.4. The van der Waals surface area contributed by atoms with Gasteiger partial charge in [0.2, 0.25) is 0 Å². The highest BCUT2D eigenvalue weighted by Crippen LogP contribution is 2.30. The quantitative estimate of drug-likeness (QED) is 0.627. The van der Waals surface area contributed by atoms with Crippen molar-refractivity contribution in [2.45, 2.75) is 31.7 Å². The Morgan fingerprint density at radius 2 is 1.78 bits per heavy atom. The van der Waals surface area contributed by atoms with Gasteiger partial charge in [0.1, 0.15) is 0 Å². The number of hydrogen-bond donors (Lipinski definition) is 1. The largest absolute Gasteiger partial charge is 0.348 e. The van der Waals surface area contributed by atoms with Crippen molar-refractivity contribution in [3.05, 3.63) is 70.3 Å². The molecule has 0 bridgehead atoms. The lowest BCUT2D eigenvalue weighted by molar-refractivity contribution is 0.0932. The molecule has 2 aromatic carbocycles. The molecule has 6 heteroatoms. The van der Waals surface area contributed by atoms with Crippen LogP contribution in [0.4, 0.5) is 0 Å². The first kappa shape index (κ1) is 18.1. The van der Waals surface area contributed by atoms with Gasteiger partial charge in [-0.25, -0.2) is 4.68 Å². The van der Waals surface area contributed by atoms with E-state index in [1.54, 1.807) is 16.8 Å². The Morgan fingerprint density at radius 3 is 2.48 bits per heavy atom. The highest BCUT2D eigenvalue weighted by molar-refractivity contribution is 6.35. The molecule has 1 aliphatic carbocycles. The molecule has 0 saturated heterocycles. The molecular formula is C21H19Cl2N3O. The van der Waals surface area contributed by atoms with Gasteiger partial charge in [-0.15, -0.1) is 0 Å². The molecule has 27 heavy (non-hydrogen) atoms. The average Bonchev–Trinajstić information content (AvgIpc) is 3.32. The van der Waals surface area contributed by atoms with E-state index in [1.165, 1.54) is 0 Å². The summed E-state index contributed by atoms with van der Waals surface area (Å²) in [5, 5.41) is 8.69. The van der Waals surface area contributed by atoms with Crippen molar-refractivity contribution in [1.82, 2.24) is 15.1 Å². The fourth-order valence-corrected chi connectivity index (χ4v) is 3.96. The van der Waals surface area contributed by atoms with E-state index in [4.69, 9.17) is 23.2 Å². The van der Waals surface area contributed by atoms with Crippen LogP contribution in [-0.4, -0.2) is 21.7 Å². The molecular weight excluding hydrogens is 381 g/mol.